The van der Waals surface area contributed by atoms with Gasteiger partial charge in [0, 0.05) is 38.1 Å². The lowest BCUT2D eigenvalue weighted by atomic mass is 9.81. The minimum Gasteiger partial charge on any atom is -0.375 e. The van der Waals surface area contributed by atoms with Gasteiger partial charge in [0.05, 0.1) is 37.0 Å². The van der Waals surface area contributed by atoms with Crippen LogP contribution in [-0.4, -0.2) is 61.0 Å². The zero-order valence-electron chi connectivity index (χ0n) is 15.5. The van der Waals surface area contributed by atoms with Crippen molar-refractivity contribution in [3.63, 3.8) is 0 Å². The molecule has 1 spiro atoms. The fourth-order valence-electron chi connectivity index (χ4n) is 3.67. The molecule has 2 aromatic heterocycles. The number of rotatable bonds is 6. The fourth-order valence-corrected chi connectivity index (χ4v) is 4.26. The third-order valence-corrected chi connectivity index (χ3v) is 6.00. The molecular weight excluding hydrogens is 350 g/mol. The molecule has 8 heteroatoms. The molecule has 2 saturated heterocycles. The number of hydrogen-bond donors (Lipinski definition) is 0. The lowest BCUT2D eigenvalue weighted by molar-refractivity contribution is -0.0656. The second-order valence-corrected chi connectivity index (χ2v) is 8.32. The third-order valence-electron chi connectivity index (χ3n) is 5.17. The normalized spacial score (nSPS) is 21.2. The maximum Gasteiger partial charge on any atom is 0.134 e. The zero-order chi connectivity index (χ0) is 18.1. The standard InChI is InChI=1S/C18H25N5O2S/c1-13-21-15(9-26-13)8-24-7-14-4-5-25-18(14)10-23(11-18)17-6-16(22(2)3)19-12-20-17/h6,9,12,14H,4-5,7-8,10-11H2,1-3H3/t14-/m1/s1. The van der Waals surface area contributed by atoms with Crippen LogP contribution in [0.1, 0.15) is 17.1 Å². The van der Waals surface area contributed by atoms with E-state index in [0.717, 1.165) is 55.1 Å². The summed E-state index contributed by atoms with van der Waals surface area (Å²) in [6, 6.07) is 2.03. The topological polar surface area (TPSA) is 63.6 Å². The van der Waals surface area contributed by atoms with Crippen molar-refractivity contribution in [2.24, 2.45) is 5.92 Å². The van der Waals surface area contributed by atoms with Crippen LogP contribution >= 0.6 is 11.3 Å². The Morgan fingerprint density at radius 3 is 2.96 bits per heavy atom. The Hall–Kier alpha value is -1.77. The van der Waals surface area contributed by atoms with Gasteiger partial charge < -0.3 is 19.3 Å². The van der Waals surface area contributed by atoms with E-state index in [0.29, 0.717) is 12.5 Å². The van der Waals surface area contributed by atoms with Crippen molar-refractivity contribution in [3.05, 3.63) is 28.5 Å². The highest BCUT2D eigenvalue weighted by molar-refractivity contribution is 7.09. The number of hydrogen-bond acceptors (Lipinski definition) is 8. The lowest BCUT2D eigenvalue weighted by Crippen LogP contribution is -2.65. The molecule has 0 unspecified atom stereocenters. The first-order valence-electron chi connectivity index (χ1n) is 8.93. The van der Waals surface area contributed by atoms with E-state index in [1.807, 2.05) is 32.0 Å². The molecule has 4 rings (SSSR count). The van der Waals surface area contributed by atoms with Crippen molar-refractivity contribution in [2.75, 3.05) is 50.2 Å². The summed E-state index contributed by atoms with van der Waals surface area (Å²) in [5.74, 6) is 2.30. The van der Waals surface area contributed by atoms with Crippen molar-refractivity contribution in [1.29, 1.82) is 0 Å². The summed E-state index contributed by atoms with van der Waals surface area (Å²) in [4.78, 5) is 17.4. The lowest BCUT2D eigenvalue weighted by Gasteiger charge is -2.50. The Labute approximate surface area is 158 Å². The Morgan fingerprint density at radius 2 is 2.23 bits per heavy atom. The van der Waals surface area contributed by atoms with E-state index in [1.54, 1.807) is 17.7 Å². The summed E-state index contributed by atoms with van der Waals surface area (Å²) >= 11 is 1.67. The van der Waals surface area contributed by atoms with Gasteiger partial charge in [-0.15, -0.1) is 11.3 Å². The molecule has 26 heavy (non-hydrogen) atoms. The van der Waals surface area contributed by atoms with Crippen LogP contribution in [0.4, 0.5) is 11.6 Å². The predicted molar refractivity (Wildman–Crippen MR) is 102 cm³/mol. The van der Waals surface area contributed by atoms with Crippen LogP contribution in [0.3, 0.4) is 0 Å². The van der Waals surface area contributed by atoms with Gasteiger partial charge in [-0.05, 0) is 13.3 Å². The first-order chi connectivity index (χ1) is 12.6. The molecule has 0 aromatic carbocycles. The SMILES string of the molecule is Cc1nc(COC[C@H]2CCOC23CN(c2cc(N(C)C)ncn2)C3)cs1. The van der Waals surface area contributed by atoms with Gasteiger partial charge in [0.2, 0.25) is 0 Å². The van der Waals surface area contributed by atoms with Gasteiger partial charge >= 0.3 is 0 Å². The first kappa shape index (κ1) is 17.6. The minimum absolute atomic E-state index is 0.0960. The first-order valence-corrected chi connectivity index (χ1v) is 9.81. The Balaban J connectivity index is 1.33. The zero-order valence-corrected chi connectivity index (χ0v) is 16.3. The van der Waals surface area contributed by atoms with Crippen LogP contribution in [0.5, 0.6) is 0 Å². The summed E-state index contributed by atoms with van der Waals surface area (Å²) in [6.45, 7) is 5.85. The highest BCUT2D eigenvalue weighted by atomic mass is 32.1. The van der Waals surface area contributed by atoms with Gasteiger partial charge in [0.15, 0.2) is 0 Å². The molecule has 4 heterocycles. The van der Waals surface area contributed by atoms with Gasteiger partial charge in [-0.2, -0.15) is 0 Å². The Bertz CT molecular complexity index is 760. The molecule has 2 aliphatic rings. The summed E-state index contributed by atoms with van der Waals surface area (Å²) in [7, 11) is 3.97. The van der Waals surface area contributed by atoms with Gasteiger partial charge in [-0.3, -0.25) is 0 Å². The second kappa shape index (κ2) is 7.09. The molecule has 1 atom stereocenters. The number of thiazole rings is 1. The molecule has 0 saturated carbocycles. The summed E-state index contributed by atoms with van der Waals surface area (Å²) in [6.07, 6.45) is 2.68. The van der Waals surface area contributed by atoms with Crippen LogP contribution in [0, 0.1) is 12.8 Å². The number of ether oxygens (including phenoxy) is 2. The van der Waals surface area contributed by atoms with Crippen molar-refractivity contribution >= 4 is 23.0 Å². The minimum atomic E-state index is -0.0960. The number of aromatic nitrogens is 3. The van der Waals surface area contributed by atoms with Crippen LogP contribution in [0.2, 0.25) is 0 Å². The average molecular weight is 375 g/mol. The molecule has 2 aromatic rings. The van der Waals surface area contributed by atoms with E-state index in [9.17, 15) is 0 Å². The number of aryl methyl sites for hydroxylation is 1. The van der Waals surface area contributed by atoms with Crippen LogP contribution in [-0.2, 0) is 16.1 Å². The van der Waals surface area contributed by atoms with Crippen molar-refractivity contribution in [1.82, 2.24) is 15.0 Å². The van der Waals surface area contributed by atoms with Crippen LogP contribution in [0.25, 0.3) is 0 Å². The summed E-state index contributed by atoms with van der Waals surface area (Å²) < 4.78 is 12.1. The maximum absolute atomic E-state index is 6.14. The molecule has 2 aliphatic heterocycles. The molecule has 0 aliphatic carbocycles. The van der Waals surface area contributed by atoms with Gasteiger partial charge in [0.1, 0.15) is 23.6 Å². The van der Waals surface area contributed by atoms with Crippen molar-refractivity contribution in [2.45, 2.75) is 25.6 Å². The molecule has 0 radical (unpaired) electrons. The Morgan fingerprint density at radius 1 is 1.38 bits per heavy atom. The smallest absolute Gasteiger partial charge is 0.134 e. The summed E-state index contributed by atoms with van der Waals surface area (Å²) in [5.41, 5.74) is 0.925. The number of nitrogens with zero attached hydrogens (tertiary/aromatic N) is 5. The van der Waals surface area contributed by atoms with E-state index in [4.69, 9.17) is 9.47 Å². The summed E-state index contributed by atoms with van der Waals surface area (Å²) in [5, 5.41) is 3.15. The van der Waals surface area contributed by atoms with Gasteiger partial charge in [-0.25, -0.2) is 15.0 Å². The van der Waals surface area contributed by atoms with Gasteiger partial charge in [-0.1, -0.05) is 0 Å². The average Bonchev–Trinajstić information content (AvgIpc) is 3.20. The fraction of sp³-hybridized carbons (Fsp3) is 0.611. The molecule has 0 N–H and O–H groups in total. The molecule has 0 amide bonds. The molecule has 7 nitrogen and oxygen atoms in total. The number of anilines is 2. The molecule has 2 fully saturated rings. The predicted octanol–water partition coefficient (Wildman–Crippen LogP) is 2.12. The van der Waals surface area contributed by atoms with Crippen molar-refractivity contribution < 1.29 is 9.47 Å². The largest absolute Gasteiger partial charge is 0.375 e. The highest BCUT2D eigenvalue weighted by Crippen LogP contribution is 2.41. The monoisotopic (exact) mass is 375 g/mol. The Kier molecular flexibility index (Phi) is 4.81. The van der Waals surface area contributed by atoms with Crippen LogP contribution < -0.4 is 9.80 Å². The maximum atomic E-state index is 6.14. The third kappa shape index (κ3) is 3.41. The van der Waals surface area contributed by atoms with Gasteiger partial charge in [0.25, 0.3) is 0 Å². The van der Waals surface area contributed by atoms with Crippen molar-refractivity contribution in [3.8, 4) is 0 Å². The molecule has 0 bridgehead atoms. The van der Waals surface area contributed by atoms with E-state index in [1.165, 1.54) is 0 Å². The quantitative estimate of drug-likeness (QED) is 0.766. The van der Waals surface area contributed by atoms with E-state index < -0.39 is 0 Å². The molecule has 140 valence electrons. The molecular formula is C18H25N5O2S. The van der Waals surface area contributed by atoms with E-state index in [2.05, 4.69) is 25.2 Å². The van der Waals surface area contributed by atoms with E-state index in [-0.39, 0.29) is 5.60 Å². The van der Waals surface area contributed by atoms with E-state index >= 15 is 0 Å². The highest BCUT2D eigenvalue weighted by Gasteiger charge is 2.53. The second-order valence-electron chi connectivity index (χ2n) is 7.26. The van der Waals surface area contributed by atoms with Crippen LogP contribution in [0.15, 0.2) is 17.8 Å².